The van der Waals surface area contributed by atoms with Gasteiger partial charge in [-0.05, 0) is 43.4 Å². The van der Waals surface area contributed by atoms with Gasteiger partial charge in [0.25, 0.3) is 12.4 Å². The van der Waals surface area contributed by atoms with E-state index in [0.717, 1.165) is 56.6 Å². The quantitative estimate of drug-likeness (QED) is 0.673. The molecule has 1 aliphatic carbocycles. The summed E-state index contributed by atoms with van der Waals surface area (Å²) in [6.07, 6.45) is 5.70. The van der Waals surface area contributed by atoms with E-state index < -0.39 is 0 Å². The van der Waals surface area contributed by atoms with E-state index >= 15 is 0 Å². The second kappa shape index (κ2) is 11.0. The van der Waals surface area contributed by atoms with Crippen LogP contribution in [0.25, 0.3) is 0 Å². The van der Waals surface area contributed by atoms with Crippen molar-refractivity contribution in [3.05, 3.63) is 59.9 Å². The van der Waals surface area contributed by atoms with E-state index in [1.807, 2.05) is 41.4 Å². The number of amides is 1. The van der Waals surface area contributed by atoms with Gasteiger partial charge in [-0.3, -0.25) is 9.59 Å². The molecular weight excluding hydrogens is 422 g/mol. The summed E-state index contributed by atoms with van der Waals surface area (Å²) in [7, 11) is 0. The maximum atomic E-state index is 13.7. The number of carbonyl (C=O) groups is 2. The van der Waals surface area contributed by atoms with Gasteiger partial charge in [0, 0.05) is 38.4 Å². The number of aliphatic hydroxyl groups excluding tert-OH is 1. The standard InChI is InChI=1S/C24H31N3O3.CH2O2/c28-20-10-13-25(14-11-20)17-22-23(18-5-2-1-3-6-18)27(15-16-30-22)24(29)21-7-4-12-26(21)19-8-9-19;2-1-3/h1-7,12,19-20,22-23,28H,8-11,13-17H2;1H,(H,2,3)/t22-,23-;/m0./s1. The summed E-state index contributed by atoms with van der Waals surface area (Å²) in [6.45, 7) is 3.44. The number of morpholine rings is 1. The van der Waals surface area contributed by atoms with Crippen LogP contribution in [0, 0.1) is 0 Å². The lowest BCUT2D eigenvalue weighted by molar-refractivity contribution is -0.122. The smallest absolute Gasteiger partial charge is 0.290 e. The van der Waals surface area contributed by atoms with E-state index in [1.54, 1.807) is 0 Å². The number of ether oxygens (including phenoxy) is 1. The molecule has 8 heteroatoms. The van der Waals surface area contributed by atoms with Gasteiger partial charge in [0.05, 0.1) is 24.9 Å². The lowest BCUT2D eigenvalue weighted by Crippen LogP contribution is -2.53. The molecule has 2 saturated heterocycles. The van der Waals surface area contributed by atoms with Gasteiger partial charge < -0.3 is 29.3 Å². The van der Waals surface area contributed by atoms with Crippen molar-refractivity contribution in [1.82, 2.24) is 14.4 Å². The Morgan fingerprint density at radius 2 is 1.73 bits per heavy atom. The van der Waals surface area contributed by atoms with Gasteiger partial charge >= 0.3 is 0 Å². The van der Waals surface area contributed by atoms with Gasteiger partial charge in [0.15, 0.2) is 0 Å². The van der Waals surface area contributed by atoms with Crippen LogP contribution in [0.4, 0.5) is 0 Å². The summed E-state index contributed by atoms with van der Waals surface area (Å²) in [5.74, 6) is 0.100. The third-order valence-corrected chi connectivity index (χ3v) is 6.69. The maximum absolute atomic E-state index is 13.7. The molecule has 3 fully saturated rings. The van der Waals surface area contributed by atoms with E-state index in [1.165, 1.54) is 0 Å². The fourth-order valence-electron chi connectivity index (χ4n) is 4.91. The van der Waals surface area contributed by atoms with E-state index in [4.69, 9.17) is 14.6 Å². The first kappa shape index (κ1) is 23.5. The molecule has 8 nitrogen and oxygen atoms in total. The largest absolute Gasteiger partial charge is 0.483 e. The van der Waals surface area contributed by atoms with Crippen LogP contribution in [0.15, 0.2) is 48.7 Å². The number of hydrogen-bond donors (Lipinski definition) is 2. The first-order valence-corrected chi connectivity index (χ1v) is 11.7. The van der Waals surface area contributed by atoms with Crippen molar-refractivity contribution in [2.45, 2.75) is 50.0 Å². The summed E-state index contributed by atoms with van der Waals surface area (Å²) in [6, 6.07) is 14.6. The molecule has 0 radical (unpaired) electrons. The van der Waals surface area contributed by atoms with E-state index in [0.29, 0.717) is 19.2 Å². The molecule has 1 saturated carbocycles. The molecule has 3 heterocycles. The van der Waals surface area contributed by atoms with Crippen molar-refractivity contribution >= 4 is 12.4 Å². The molecule has 1 amide bonds. The molecule has 2 atom stereocenters. The number of likely N-dealkylation sites (tertiary alicyclic amines) is 1. The van der Waals surface area contributed by atoms with Crippen molar-refractivity contribution in [2.24, 2.45) is 0 Å². The Kier molecular flexibility index (Phi) is 7.80. The van der Waals surface area contributed by atoms with Crippen LogP contribution in [0.5, 0.6) is 0 Å². The molecule has 0 unspecified atom stereocenters. The Balaban J connectivity index is 0.000000821. The van der Waals surface area contributed by atoms with Crippen molar-refractivity contribution < 1.29 is 24.5 Å². The van der Waals surface area contributed by atoms with Crippen LogP contribution in [0.1, 0.15) is 53.8 Å². The first-order chi connectivity index (χ1) is 16.1. The molecule has 1 aromatic heterocycles. The molecule has 5 rings (SSSR count). The minimum Gasteiger partial charge on any atom is -0.483 e. The number of piperidine rings is 1. The molecule has 2 aromatic rings. The average molecular weight is 456 g/mol. The molecular formula is C25H33N3O5. The molecule has 178 valence electrons. The van der Waals surface area contributed by atoms with Crippen molar-refractivity contribution in [2.75, 3.05) is 32.8 Å². The zero-order valence-electron chi connectivity index (χ0n) is 18.8. The predicted molar refractivity (Wildman–Crippen MR) is 123 cm³/mol. The van der Waals surface area contributed by atoms with Crippen LogP contribution in [0.2, 0.25) is 0 Å². The van der Waals surface area contributed by atoms with Gasteiger partial charge in [-0.25, -0.2) is 0 Å². The fraction of sp³-hybridized carbons (Fsp3) is 0.520. The molecule has 0 bridgehead atoms. The topological polar surface area (TPSA) is 95.2 Å². The highest BCUT2D eigenvalue weighted by Gasteiger charge is 2.39. The summed E-state index contributed by atoms with van der Waals surface area (Å²) in [5.41, 5.74) is 1.91. The van der Waals surface area contributed by atoms with Gasteiger partial charge in [-0.2, -0.15) is 0 Å². The van der Waals surface area contributed by atoms with E-state index in [9.17, 15) is 9.90 Å². The molecule has 0 spiro atoms. The Hall–Kier alpha value is -2.68. The maximum Gasteiger partial charge on any atom is 0.290 e. The summed E-state index contributed by atoms with van der Waals surface area (Å²) < 4.78 is 8.41. The van der Waals surface area contributed by atoms with Crippen molar-refractivity contribution in [3.63, 3.8) is 0 Å². The first-order valence-electron chi connectivity index (χ1n) is 11.7. The third kappa shape index (κ3) is 5.63. The Morgan fingerprint density at radius 3 is 2.39 bits per heavy atom. The Labute approximate surface area is 194 Å². The van der Waals surface area contributed by atoms with Gasteiger partial charge in [-0.15, -0.1) is 0 Å². The number of carboxylic acid groups (broad SMARTS) is 1. The number of benzene rings is 1. The number of rotatable bonds is 5. The van der Waals surface area contributed by atoms with Gasteiger partial charge in [-0.1, -0.05) is 30.3 Å². The molecule has 2 aliphatic heterocycles. The van der Waals surface area contributed by atoms with Crippen molar-refractivity contribution in [1.29, 1.82) is 0 Å². The normalized spacial score (nSPS) is 24.1. The highest BCUT2D eigenvalue weighted by Crippen LogP contribution is 2.38. The highest BCUT2D eigenvalue weighted by atomic mass is 16.5. The van der Waals surface area contributed by atoms with Crippen molar-refractivity contribution in [3.8, 4) is 0 Å². The number of aliphatic hydroxyl groups is 1. The molecule has 1 aromatic carbocycles. The second-order valence-corrected chi connectivity index (χ2v) is 8.93. The summed E-state index contributed by atoms with van der Waals surface area (Å²) >= 11 is 0. The zero-order valence-corrected chi connectivity index (χ0v) is 18.8. The lowest BCUT2D eigenvalue weighted by atomic mass is 9.96. The van der Waals surface area contributed by atoms with E-state index in [-0.39, 0.29) is 30.6 Å². The number of hydrogen-bond acceptors (Lipinski definition) is 5. The van der Waals surface area contributed by atoms with Crippen LogP contribution >= 0.6 is 0 Å². The van der Waals surface area contributed by atoms with Crippen LogP contribution in [-0.2, 0) is 9.53 Å². The summed E-state index contributed by atoms with van der Waals surface area (Å²) in [5, 5.41) is 16.7. The molecule has 3 aliphatic rings. The number of carbonyl (C=O) groups excluding carboxylic acids is 1. The zero-order chi connectivity index (χ0) is 23.2. The van der Waals surface area contributed by atoms with E-state index in [2.05, 4.69) is 21.6 Å². The lowest BCUT2D eigenvalue weighted by Gasteiger charge is -2.44. The minimum atomic E-state index is -0.250. The van der Waals surface area contributed by atoms with Gasteiger partial charge in [0.1, 0.15) is 5.69 Å². The molecule has 2 N–H and O–H groups in total. The average Bonchev–Trinajstić information content (AvgIpc) is 3.57. The highest BCUT2D eigenvalue weighted by molar-refractivity contribution is 5.93. The second-order valence-electron chi connectivity index (χ2n) is 8.93. The SMILES string of the molecule is O=C(c1cccn1C1CC1)N1CCO[C@@H](CN2CCC(O)CC2)[C@@H]1c1ccccc1.O=CO. The van der Waals surface area contributed by atoms with Crippen LogP contribution in [-0.4, -0.2) is 82.0 Å². The number of nitrogens with zero attached hydrogens (tertiary/aromatic N) is 3. The fourth-order valence-corrected chi connectivity index (χ4v) is 4.91. The monoisotopic (exact) mass is 455 g/mol. The molecule has 33 heavy (non-hydrogen) atoms. The Morgan fingerprint density at radius 1 is 1.03 bits per heavy atom. The van der Waals surface area contributed by atoms with Crippen LogP contribution in [0.3, 0.4) is 0 Å². The summed E-state index contributed by atoms with van der Waals surface area (Å²) in [4.78, 5) is 26.4. The third-order valence-electron chi connectivity index (χ3n) is 6.69. The van der Waals surface area contributed by atoms with Gasteiger partial charge in [0.2, 0.25) is 0 Å². The Bertz CT molecular complexity index is 906. The minimum absolute atomic E-state index is 0.0790. The number of aromatic nitrogens is 1. The predicted octanol–water partition coefficient (Wildman–Crippen LogP) is 2.56. The van der Waals surface area contributed by atoms with Crippen LogP contribution < -0.4 is 0 Å².